The van der Waals surface area contributed by atoms with E-state index in [1.165, 1.54) is 19.4 Å². The smallest absolute Gasteiger partial charge is 0.260 e. The zero-order valence-electron chi connectivity index (χ0n) is 12.5. The van der Waals surface area contributed by atoms with E-state index < -0.39 is 0 Å². The van der Waals surface area contributed by atoms with Crippen LogP contribution in [0.15, 0.2) is 24.3 Å². The fourth-order valence-corrected chi connectivity index (χ4v) is 3.13. The number of piperazine rings is 1. The number of fused-ring (bicyclic) bond motifs is 1. The van der Waals surface area contributed by atoms with E-state index in [1.807, 2.05) is 29.2 Å². The van der Waals surface area contributed by atoms with Crippen LogP contribution in [0.5, 0.6) is 11.5 Å². The maximum absolute atomic E-state index is 12.2. The highest BCUT2D eigenvalue weighted by Gasteiger charge is 2.32. The number of nitrogens with zero attached hydrogens (tertiary/aromatic N) is 2. The Kier molecular flexibility index (Phi) is 4.29. The Labute approximate surface area is 125 Å². The highest BCUT2D eigenvalue weighted by Crippen LogP contribution is 2.22. The number of hydrogen-bond donors (Lipinski definition) is 0. The Morgan fingerprint density at radius 3 is 2.71 bits per heavy atom. The number of carbonyl (C=O) groups is 1. The number of methoxy groups -OCH3 is 1. The van der Waals surface area contributed by atoms with E-state index in [4.69, 9.17) is 9.47 Å². The van der Waals surface area contributed by atoms with Gasteiger partial charge in [-0.3, -0.25) is 9.69 Å². The minimum atomic E-state index is 0.0809. The molecule has 2 aliphatic rings. The van der Waals surface area contributed by atoms with Gasteiger partial charge in [-0.1, -0.05) is 0 Å². The molecule has 21 heavy (non-hydrogen) atoms. The molecule has 0 N–H and O–H groups in total. The molecule has 2 aliphatic heterocycles. The van der Waals surface area contributed by atoms with Gasteiger partial charge in [0.25, 0.3) is 5.91 Å². The maximum Gasteiger partial charge on any atom is 0.260 e. The molecule has 2 fully saturated rings. The predicted octanol–water partition coefficient (Wildman–Crippen LogP) is 1.38. The van der Waals surface area contributed by atoms with Crippen LogP contribution in [0.25, 0.3) is 0 Å². The summed E-state index contributed by atoms with van der Waals surface area (Å²) in [6, 6.07) is 7.86. The van der Waals surface area contributed by atoms with Gasteiger partial charge in [0.15, 0.2) is 6.61 Å². The van der Waals surface area contributed by atoms with Crippen LogP contribution in [0.3, 0.4) is 0 Å². The third kappa shape index (κ3) is 3.29. The third-order valence-electron chi connectivity index (χ3n) is 4.36. The fraction of sp³-hybridized carbons (Fsp3) is 0.562. The number of carbonyl (C=O) groups excluding carboxylic acids is 1. The van der Waals surface area contributed by atoms with Crippen LogP contribution in [0, 0.1) is 0 Å². The monoisotopic (exact) mass is 290 g/mol. The summed E-state index contributed by atoms with van der Waals surface area (Å²) >= 11 is 0. The molecule has 0 spiro atoms. The number of ether oxygens (including phenoxy) is 2. The molecule has 3 rings (SSSR count). The first kappa shape index (κ1) is 14.2. The lowest BCUT2D eigenvalue weighted by molar-refractivity contribution is -0.135. The molecule has 0 aliphatic carbocycles. The van der Waals surface area contributed by atoms with Gasteiger partial charge in [0.05, 0.1) is 7.11 Å². The zero-order chi connectivity index (χ0) is 14.7. The molecule has 5 nitrogen and oxygen atoms in total. The molecule has 1 amide bonds. The van der Waals surface area contributed by atoms with Gasteiger partial charge in [0, 0.05) is 25.7 Å². The number of hydrogen-bond acceptors (Lipinski definition) is 4. The van der Waals surface area contributed by atoms with Crippen LogP contribution < -0.4 is 9.47 Å². The highest BCUT2D eigenvalue weighted by molar-refractivity contribution is 5.78. The van der Waals surface area contributed by atoms with Gasteiger partial charge in [0.2, 0.25) is 0 Å². The Hall–Kier alpha value is -1.75. The lowest BCUT2D eigenvalue weighted by Crippen LogP contribution is -2.53. The molecule has 0 aromatic heterocycles. The average Bonchev–Trinajstić information content (AvgIpc) is 3.00. The number of amides is 1. The molecule has 0 saturated carbocycles. The molecule has 1 atom stereocenters. The van der Waals surface area contributed by atoms with Crippen molar-refractivity contribution in [2.45, 2.75) is 18.9 Å². The van der Waals surface area contributed by atoms with Gasteiger partial charge in [-0.05, 0) is 43.7 Å². The van der Waals surface area contributed by atoms with Crippen LogP contribution in [0.1, 0.15) is 12.8 Å². The van der Waals surface area contributed by atoms with Crippen molar-refractivity contribution in [3.05, 3.63) is 24.3 Å². The summed E-state index contributed by atoms with van der Waals surface area (Å²) in [4.78, 5) is 16.7. The molecule has 5 heteroatoms. The summed E-state index contributed by atoms with van der Waals surface area (Å²) in [6.45, 7) is 3.97. The maximum atomic E-state index is 12.2. The Morgan fingerprint density at radius 2 is 1.95 bits per heavy atom. The molecule has 1 unspecified atom stereocenters. The Bertz CT molecular complexity index is 489. The van der Waals surface area contributed by atoms with Crippen molar-refractivity contribution in [3.63, 3.8) is 0 Å². The third-order valence-corrected chi connectivity index (χ3v) is 4.36. The van der Waals surface area contributed by atoms with Crippen molar-refractivity contribution >= 4 is 5.91 Å². The number of rotatable bonds is 4. The van der Waals surface area contributed by atoms with E-state index in [1.54, 1.807) is 7.11 Å². The summed E-state index contributed by atoms with van der Waals surface area (Å²) in [5.41, 5.74) is 0. The van der Waals surface area contributed by atoms with Crippen molar-refractivity contribution < 1.29 is 14.3 Å². The second kappa shape index (κ2) is 6.35. The predicted molar refractivity (Wildman–Crippen MR) is 79.7 cm³/mol. The van der Waals surface area contributed by atoms with Crippen molar-refractivity contribution in [3.8, 4) is 11.5 Å². The second-order valence-corrected chi connectivity index (χ2v) is 5.64. The summed E-state index contributed by atoms with van der Waals surface area (Å²) in [5, 5.41) is 0. The quantitative estimate of drug-likeness (QED) is 0.840. The van der Waals surface area contributed by atoms with Gasteiger partial charge in [-0.25, -0.2) is 0 Å². The standard InChI is InChI=1S/C16H22N2O3/c1-20-14-4-6-15(7-5-14)21-12-16(19)18-10-9-17-8-2-3-13(17)11-18/h4-7,13H,2-3,8-12H2,1H3. The first-order chi connectivity index (χ1) is 10.3. The number of benzene rings is 1. The summed E-state index contributed by atoms with van der Waals surface area (Å²) in [7, 11) is 1.63. The van der Waals surface area contributed by atoms with E-state index in [2.05, 4.69) is 4.90 Å². The van der Waals surface area contributed by atoms with Crippen LogP contribution >= 0.6 is 0 Å². The van der Waals surface area contributed by atoms with Gasteiger partial charge >= 0.3 is 0 Å². The molecule has 0 radical (unpaired) electrons. The van der Waals surface area contributed by atoms with E-state index in [0.29, 0.717) is 11.8 Å². The fourth-order valence-electron chi connectivity index (χ4n) is 3.13. The lowest BCUT2D eigenvalue weighted by Gasteiger charge is -2.37. The first-order valence-electron chi connectivity index (χ1n) is 7.55. The van der Waals surface area contributed by atoms with Crippen LogP contribution in [-0.2, 0) is 4.79 Å². The lowest BCUT2D eigenvalue weighted by atomic mass is 10.1. The molecule has 1 aromatic carbocycles. The Balaban J connectivity index is 1.49. The minimum absolute atomic E-state index is 0.0809. The van der Waals surface area contributed by atoms with Gasteiger partial charge in [-0.2, -0.15) is 0 Å². The SMILES string of the molecule is COc1ccc(OCC(=O)N2CCN3CCCC3C2)cc1. The second-order valence-electron chi connectivity index (χ2n) is 5.64. The molecular formula is C16H22N2O3. The largest absolute Gasteiger partial charge is 0.497 e. The van der Waals surface area contributed by atoms with Crippen LogP contribution in [0.2, 0.25) is 0 Å². The van der Waals surface area contributed by atoms with Gasteiger partial charge in [0.1, 0.15) is 11.5 Å². The van der Waals surface area contributed by atoms with E-state index in [-0.39, 0.29) is 12.5 Å². The van der Waals surface area contributed by atoms with Crippen LogP contribution in [-0.4, -0.2) is 61.6 Å². The minimum Gasteiger partial charge on any atom is -0.497 e. The zero-order valence-corrected chi connectivity index (χ0v) is 12.5. The summed E-state index contributed by atoms with van der Waals surface area (Å²) in [6.07, 6.45) is 2.47. The van der Waals surface area contributed by atoms with Crippen LogP contribution in [0.4, 0.5) is 0 Å². The summed E-state index contributed by atoms with van der Waals surface area (Å²) in [5.74, 6) is 1.56. The van der Waals surface area contributed by atoms with E-state index in [9.17, 15) is 4.79 Å². The molecule has 0 bridgehead atoms. The molecule has 1 aromatic rings. The topological polar surface area (TPSA) is 42.0 Å². The first-order valence-corrected chi connectivity index (χ1v) is 7.55. The average molecular weight is 290 g/mol. The molecule has 2 heterocycles. The Morgan fingerprint density at radius 1 is 1.19 bits per heavy atom. The highest BCUT2D eigenvalue weighted by atomic mass is 16.5. The normalized spacial score (nSPS) is 22.0. The summed E-state index contributed by atoms with van der Waals surface area (Å²) < 4.78 is 10.7. The van der Waals surface area contributed by atoms with Gasteiger partial charge < -0.3 is 14.4 Å². The molecule has 2 saturated heterocycles. The van der Waals surface area contributed by atoms with Crippen molar-refractivity contribution in [2.75, 3.05) is 39.9 Å². The van der Waals surface area contributed by atoms with Crippen molar-refractivity contribution in [1.29, 1.82) is 0 Å². The van der Waals surface area contributed by atoms with Gasteiger partial charge in [-0.15, -0.1) is 0 Å². The van der Waals surface area contributed by atoms with E-state index in [0.717, 1.165) is 25.4 Å². The molecule has 114 valence electrons. The van der Waals surface area contributed by atoms with E-state index >= 15 is 0 Å². The van der Waals surface area contributed by atoms with Crippen molar-refractivity contribution in [1.82, 2.24) is 9.80 Å². The van der Waals surface area contributed by atoms with Crippen molar-refractivity contribution in [2.24, 2.45) is 0 Å². The molecular weight excluding hydrogens is 268 g/mol.